The third kappa shape index (κ3) is 3.33. The summed E-state index contributed by atoms with van der Waals surface area (Å²) < 4.78 is 1.11. The lowest BCUT2D eigenvalue weighted by Crippen LogP contribution is -2.11. The molecule has 19 heavy (non-hydrogen) atoms. The van der Waals surface area contributed by atoms with Gasteiger partial charge in [-0.3, -0.25) is 0 Å². The van der Waals surface area contributed by atoms with Crippen molar-refractivity contribution in [1.29, 1.82) is 0 Å². The van der Waals surface area contributed by atoms with Gasteiger partial charge < -0.3 is 11.1 Å². The van der Waals surface area contributed by atoms with Crippen molar-refractivity contribution >= 4 is 44.5 Å². The molecule has 0 bridgehead atoms. The molecule has 0 aromatic heterocycles. The van der Waals surface area contributed by atoms with Crippen LogP contribution in [-0.2, 0) is 0 Å². The number of thiocarbonyl (C=S) groups is 1. The van der Waals surface area contributed by atoms with Crippen molar-refractivity contribution in [2.75, 3.05) is 5.32 Å². The van der Waals surface area contributed by atoms with E-state index in [0.29, 0.717) is 4.99 Å². The summed E-state index contributed by atoms with van der Waals surface area (Å²) in [4.78, 5) is 0.434. The van der Waals surface area contributed by atoms with Crippen LogP contribution >= 0.6 is 28.1 Å². The first-order valence-electron chi connectivity index (χ1n) is 5.91. The van der Waals surface area contributed by atoms with Gasteiger partial charge in [0, 0.05) is 21.4 Å². The first-order valence-corrected chi connectivity index (χ1v) is 7.11. The molecule has 0 saturated carbocycles. The van der Waals surface area contributed by atoms with Gasteiger partial charge in [-0.1, -0.05) is 28.1 Å². The largest absolute Gasteiger partial charge is 0.389 e. The van der Waals surface area contributed by atoms with Gasteiger partial charge in [0.25, 0.3) is 0 Å². The van der Waals surface area contributed by atoms with Gasteiger partial charge in [-0.2, -0.15) is 0 Å². The van der Waals surface area contributed by atoms with E-state index in [1.54, 1.807) is 0 Å². The maximum atomic E-state index is 5.66. The van der Waals surface area contributed by atoms with Crippen LogP contribution in [0.3, 0.4) is 0 Å². The number of halogens is 1. The molecule has 4 heteroatoms. The molecule has 0 unspecified atom stereocenters. The van der Waals surface area contributed by atoms with E-state index in [1.807, 2.05) is 37.3 Å². The molecule has 0 aliphatic heterocycles. The van der Waals surface area contributed by atoms with Crippen LogP contribution in [-0.4, -0.2) is 4.99 Å². The zero-order valence-electron chi connectivity index (χ0n) is 10.8. The molecular formula is C15H15BrN2S. The Morgan fingerprint density at radius 2 is 1.63 bits per heavy atom. The molecule has 98 valence electrons. The zero-order chi connectivity index (χ0) is 14.0. The molecular weight excluding hydrogens is 320 g/mol. The monoisotopic (exact) mass is 334 g/mol. The second-order valence-corrected chi connectivity index (χ2v) is 5.78. The van der Waals surface area contributed by atoms with Crippen molar-refractivity contribution in [2.45, 2.75) is 13.8 Å². The molecule has 0 spiro atoms. The zero-order valence-corrected chi connectivity index (χ0v) is 13.2. The second kappa shape index (κ2) is 5.72. The number of nitrogens with two attached hydrogens (primary N) is 1. The number of benzene rings is 2. The standard InChI is InChI=1S/C15H15BrN2S/c1-9-7-11(3-5-13(9)15(17)19)18-12-4-6-14(16)10(2)8-12/h3-8,18H,1-2H3,(H2,17,19). The fourth-order valence-corrected chi connectivity index (χ4v) is 2.38. The number of hydrogen-bond donors (Lipinski definition) is 2. The summed E-state index contributed by atoms with van der Waals surface area (Å²) in [5.41, 5.74) is 10.9. The Morgan fingerprint density at radius 3 is 2.16 bits per heavy atom. The smallest absolute Gasteiger partial charge is 0.104 e. The molecule has 3 N–H and O–H groups in total. The predicted molar refractivity (Wildman–Crippen MR) is 89.2 cm³/mol. The van der Waals surface area contributed by atoms with Crippen molar-refractivity contribution in [3.8, 4) is 0 Å². The Bertz CT molecular complexity index is 638. The summed E-state index contributed by atoms with van der Waals surface area (Å²) in [5, 5.41) is 3.37. The van der Waals surface area contributed by atoms with Gasteiger partial charge in [0.2, 0.25) is 0 Å². The van der Waals surface area contributed by atoms with Gasteiger partial charge in [-0.05, 0) is 61.4 Å². The highest BCUT2D eigenvalue weighted by Gasteiger charge is 2.03. The summed E-state index contributed by atoms with van der Waals surface area (Å²) in [5.74, 6) is 0. The van der Waals surface area contributed by atoms with E-state index < -0.39 is 0 Å². The van der Waals surface area contributed by atoms with Crippen LogP contribution in [0.4, 0.5) is 11.4 Å². The maximum absolute atomic E-state index is 5.66. The van der Waals surface area contributed by atoms with E-state index in [2.05, 4.69) is 34.2 Å². The third-order valence-corrected chi connectivity index (χ3v) is 4.05. The van der Waals surface area contributed by atoms with Crippen LogP contribution in [0.2, 0.25) is 0 Å². The SMILES string of the molecule is Cc1cc(Nc2ccc(C(N)=S)c(C)c2)ccc1Br. The molecule has 2 rings (SSSR count). The minimum atomic E-state index is 0.434. The van der Waals surface area contributed by atoms with Crippen molar-refractivity contribution in [3.63, 3.8) is 0 Å². The average molecular weight is 335 g/mol. The van der Waals surface area contributed by atoms with Crippen molar-refractivity contribution in [3.05, 3.63) is 57.6 Å². The number of hydrogen-bond acceptors (Lipinski definition) is 2. The third-order valence-electron chi connectivity index (χ3n) is 2.94. The lowest BCUT2D eigenvalue weighted by Gasteiger charge is -2.11. The van der Waals surface area contributed by atoms with Gasteiger partial charge in [-0.15, -0.1) is 0 Å². The molecule has 0 fully saturated rings. The Kier molecular flexibility index (Phi) is 4.22. The molecule has 2 aromatic rings. The van der Waals surface area contributed by atoms with E-state index in [0.717, 1.165) is 27.0 Å². The predicted octanol–water partition coefficient (Wildman–Crippen LogP) is 4.44. The Labute approximate surface area is 127 Å². The van der Waals surface area contributed by atoms with Crippen molar-refractivity contribution in [1.82, 2.24) is 0 Å². The molecule has 0 radical (unpaired) electrons. The van der Waals surface area contributed by atoms with Crippen molar-refractivity contribution < 1.29 is 0 Å². The number of nitrogens with one attached hydrogen (secondary N) is 1. The van der Waals surface area contributed by atoms with Crippen LogP contribution < -0.4 is 11.1 Å². The average Bonchev–Trinajstić information content (AvgIpc) is 2.33. The number of aryl methyl sites for hydroxylation is 2. The fraction of sp³-hybridized carbons (Fsp3) is 0.133. The highest BCUT2D eigenvalue weighted by molar-refractivity contribution is 9.10. The summed E-state index contributed by atoms with van der Waals surface area (Å²) in [6.07, 6.45) is 0. The van der Waals surface area contributed by atoms with Gasteiger partial charge in [0.1, 0.15) is 4.99 Å². The van der Waals surface area contributed by atoms with E-state index in [-0.39, 0.29) is 0 Å². The Morgan fingerprint density at radius 1 is 1.05 bits per heavy atom. The molecule has 0 saturated heterocycles. The minimum absolute atomic E-state index is 0.434. The molecule has 2 nitrogen and oxygen atoms in total. The molecule has 0 amide bonds. The molecule has 0 aliphatic rings. The minimum Gasteiger partial charge on any atom is -0.389 e. The van der Waals surface area contributed by atoms with Crippen LogP contribution in [0.15, 0.2) is 40.9 Å². The van der Waals surface area contributed by atoms with Crippen LogP contribution in [0, 0.1) is 13.8 Å². The maximum Gasteiger partial charge on any atom is 0.104 e. The summed E-state index contributed by atoms with van der Waals surface area (Å²) in [6.45, 7) is 4.07. The first-order chi connectivity index (χ1) is 8.97. The van der Waals surface area contributed by atoms with E-state index in [4.69, 9.17) is 18.0 Å². The van der Waals surface area contributed by atoms with Gasteiger partial charge in [0.05, 0.1) is 0 Å². The van der Waals surface area contributed by atoms with Gasteiger partial charge >= 0.3 is 0 Å². The van der Waals surface area contributed by atoms with Gasteiger partial charge in [-0.25, -0.2) is 0 Å². The summed E-state index contributed by atoms with van der Waals surface area (Å²) in [6, 6.07) is 12.2. The van der Waals surface area contributed by atoms with Crippen LogP contribution in [0.25, 0.3) is 0 Å². The lowest BCUT2D eigenvalue weighted by molar-refractivity contribution is 1.39. The quantitative estimate of drug-likeness (QED) is 0.814. The van der Waals surface area contributed by atoms with Gasteiger partial charge in [0.15, 0.2) is 0 Å². The first kappa shape index (κ1) is 14.0. The second-order valence-electron chi connectivity index (χ2n) is 4.48. The number of anilines is 2. The van der Waals surface area contributed by atoms with Crippen molar-refractivity contribution in [2.24, 2.45) is 5.73 Å². The van der Waals surface area contributed by atoms with E-state index >= 15 is 0 Å². The molecule has 0 heterocycles. The fourth-order valence-electron chi connectivity index (χ4n) is 1.91. The molecule has 0 aliphatic carbocycles. The summed E-state index contributed by atoms with van der Waals surface area (Å²) >= 11 is 8.50. The number of rotatable bonds is 3. The lowest BCUT2D eigenvalue weighted by atomic mass is 10.1. The Hall–Kier alpha value is -1.39. The Balaban J connectivity index is 2.26. The van der Waals surface area contributed by atoms with Crippen LogP contribution in [0.1, 0.15) is 16.7 Å². The summed E-state index contributed by atoms with van der Waals surface area (Å²) in [7, 11) is 0. The highest BCUT2D eigenvalue weighted by atomic mass is 79.9. The van der Waals surface area contributed by atoms with Crippen LogP contribution in [0.5, 0.6) is 0 Å². The normalized spacial score (nSPS) is 10.3. The van der Waals surface area contributed by atoms with E-state index in [1.165, 1.54) is 5.56 Å². The molecule has 0 atom stereocenters. The topological polar surface area (TPSA) is 38.0 Å². The highest BCUT2D eigenvalue weighted by Crippen LogP contribution is 2.24. The molecule has 2 aromatic carbocycles. The van der Waals surface area contributed by atoms with E-state index in [9.17, 15) is 0 Å².